The molecule has 1 aliphatic carbocycles. The summed E-state index contributed by atoms with van der Waals surface area (Å²) in [5.41, 5.74) is 0.0800. The Kier molecular flexibility index (Phi) is 3.03. The molecule has 3 rings (SSSR count). The first-order chi connectivity index (χ1) is 9.22. The van der Waals surface area contributed by atoms with E-state index in [-0.39, 0.29) is 5.69 Å². The van der Waals surface area contributed by atoms with Crippen LogP contribution in [0.3, 0.4) is 0 Å². The molecule has 0 N–H and O–H groups in total. The molecule has 0 unspecified atom stereocenters. The fourth-order valence-corrected chi connectivity index (χ4v) is 2.16. The summed E-state index contributed by atoms with van der Waals surface area (Å²) in [6.45, 7) is 0.990. The van der Waals surface area contributed by atoms with E-state index in [0.717, 1.165) is 24.8 Å². The van der Waals surface area contributed by atoms with E-state index in [4.69, 9.17) is 4.74 Å². The van der Waals surface area contributed by atoms with Gasteiger partial charge >= 0.3 is 0 Å². The molecule has 5 heteroatoms. The largest absolute Gasteiger partial charge is 0.461 e. The number of nitro groups is 1. The van der Waals surface area contributed by atoms with Gasteiger partial charge in [0.25, 0.3) is 5.69 Å². The van der Waals surface area contributed by atoms with Crippen molar-refractivity contribution in [2.75, 3.05) is 6.54 Å². The van der Waals surface area contributed by atoms with Gasteiger partial charge in [0.05, 0.1) is 11.3 Å². The van der Waals surface area contributed by atoms with Gasteiger partial charge in [0.15, 0.2) is 12.3 Å². The topological polar surface area (TPSA) is 55.4 Å². The van der Waals surface area contributed by atoms with Crippen molar-refractivity contribution in [1.82, 2.24) is 0 Å². The highest BCUT2D eigenvalue weighted by Crippen LogP contribution is 2.26. The van der Waals surface area contributed by atoms with E-state index < -0.39 is 4.92 Å². The fraction of sp³-hybridized carbons (Fsp3) is 0.357. The molecule has 0 aromatic heterocycles. The van der Waals surface area contributed by atoms with Crippen molar-refractivity contribution in [2.24, 2.45) is 0 Å². The number of rotatable bonds is 4. The molecule has 0 saturated heterocycles. The summed E-state index contributed by atoms with van der Waals surface area (Å²) in [4.78, 5) is 10.1. The van der Waals surface area contributed by atoms with Crippen molar-refractivity contribution in [3.8, 4) is 5.75 Å². The highest BCUT2D eigenvalue weighted by atomic mass is 16.6. The zero-order chi connectivity index (χ0) is 13.2. The molecule has 19 heavy (non-hydrogen) atoms. The van der Waals surface area contributed by atoms with Crippen molar-refractivity contribution in [2.45, 2.75) is 25.3 Å². The minimum Gasteiger partial charge on any atom is -0.461 e. The summed E-state index contributed by atoms with van der Waals surface area (Å²) in [7, 11) is 0. The molecule has 1 saturated carbocycles. The van der Waals surface area contributed by atoms with Crippen molar-refractivity contribution < 1.29 is 14.2 Å². The van der Waals surface area contributed by atoms with Gasteiger partial charge in [-0.1, -0.05) is 0 Å². The molecule has 0 bridgehead atoms. The number of nitrogens with zero attached hydrogens (tertiary/aromatic N) is 2. The van der Waals surface area contributed by atoms with Gasteiger partial charge in [0.1, 0.15) is 18.1 Å². The van der Waals surface area contributed by atoms with E-state index in [2.05, 4.69) is 10.8 Å². The van der Waals surface area contributed by atoms with Gasteiger partial charge in [0.2, 0.25) is 0 Å². The smallest absolute Gasteiger partial charge is 0.269 e. The van der Waals surface area contributed by atoms with Crippen LogP contribution in [-0.4, -0.2) is 28.3 Å². The lowest BCUT2D eigenvalue weighted by Crippen LogP contribution is -2.21. The van der Waals surface area contributed by atoms with Crippen LogP contribution >= 0.6 is 0 Å². The lowest BCUT2D eigenvalue weighted by Gasteiger charge is -2.12. The van der Waals surface area contributed by atoms with E-state index in [0.29, 0.717) is 5.75 Å². The highest BCUT2D eigenvalue weighted by molar-refractivity contribution is 5.68. The molecule has 1 heterocycles. The van der Waals surface area contributed by atoms with Crippen molar-refractivity contribution >= 4 is 11.9 Å². The second-order valence-electron chi connectivity index (χ2n) is 4.85. The number of allylic oxidation sites excluding steroid dienone is 1. The van der Waals surface area contributed by atoms with Crippen molar-refractivity contribution in [1.29, 1.82) is 0 Å². The van der Waals surface area contributed by atoms with E-state index in [1.54, 1.807) is 12.1 Å². The Bertz CT molecular complexity index is 557. The standard InChI is InChI=1S/C14H15N2O3/c17-16(18)12-3-5-13(6-4-12)19-14-7-9-15(10-8-14)11-1-2-11/h3-7,9,11H,1-2,8,10H2/q+1. The molecule has 0 atom stereocenters. The van der Waals surface area contributed by atoms with Gasteiger partial charge in [-0.15, -0.1) is 0 Å². The van der Waals surface area contributed by atoms with Crippen LogP contribution in [0.5, 0.6) is 5.75 Å². The van der Waals surface area contributed by atoms with Crippen LogP contribution in [0.1, 0.15) is 19.3 Å². The molecule has 0 amide bonds. The van der Waals surface area contributed by atoms with Crippen LogP contribution in [0, 0.1) is 10.1 Å². The average molecular weight is 259 g/mol. The lowest BCUT2D eigenvalue weighted by atomic mass is 10.2. The van der Waals surface area contributed by atoms with Crippen LogP contribution in [0.25, 0.3) is 0 Å². The zero-order valence-electron chi connectivity index (χ0n) is 10.5. The number of hydrogen-bond acceptors (Lipinski definition) is 3. The Morgan fingerprint density at radius 3 is 2.53 bits per heavy atom. The fourth-order valence-electron chi connectivity index (χ4n) is 2.16. The second kappa shape index (κ2) is 4.84. The van der Waals surface area contributed by atoms with Gasteiger partial charge in [-0.3, -0.25) is 10.1 Å². The number of nitro benzene ring substituents is 1. The van der Waals surface area contributed by atoms with Gasteiger partial charge in [-0.25, -0.2) is 4.58 Å². The molecule has 0 spiro atoms. The summed E-state index contributed by atoms with van der Waals surface area (Å²) in [6, 6.07) is 6.91. The predicted octanol–water partition coefficient (Wildman–Crippen LogP) is 2.51. The molecule has 5 nitrogen and oxygen atoms in total. The molecule has 1 aromatic rings. The molecular weight excluding hydrogens is 244 g/mol. The maximum atomic E-state index is 10.6. The average Bonchev–Trinajstić information content (AvgIpc) is 3.25. The van der Waals surface area contributed by atoms with Crippen LogP contribution in [0.15, 0.2) is 36.1 Å². The molecule has 98 valence electrons. The first-order valence-electron chi connectivity index (χ1n) is 6.44. The van der Waals surface area contributed by atoms with E-state index in [1.165, 1.54) is 25.0 Å². The number of hydrogen-bond donors (Lipinski definition) is 0. The van der Waals surface area contributed by atoms with Crippen molar-refractivity contribution in [3.63, 3.8) is 0 Å². The Labute approximate surface area is 111 Å². The van der Waals surface area contributed by atoms with Crippen LogP contribution in [0.4, 0.5) is 5.69 Å². The predicted molar refractivity (Wildman–Crippen MR) is 70.6 cm³/mol. The maximum absolute atomic E-state index is 10.6. The molecule has 2 aliphatic rings. The van der Waals surface area contributed by atoms with Crippen LogP contribution < -0.4 is 4.74 Å². The quantitative estimate of drug-likeness (QED) is 0.474. The summed E-state index contributed by atoms with van der Waals surface area (Å²) in [5.74, 6) is 1.55. The highest BCUT2D eigenvalue weighted by Gasteiger charge is 2.33. The Hall–Kier alpha value is -2.17. The van der Waals surface area contributed by atoms with E-state index >= 15 is 0 Å². The molecule has 0 radical (unpaired) electrons. The lowest BCUT2D eigenvalue weighted by molar-refractivity contribution is -0.538. The zero-order valence-corrected chi connectivity index (χ0v) is 10.5. The molecule has 1 aliphatic heterocycles. The summed E-state index contributed by atoms with van der Waals surface area (Å²) >= 11 is 0. The van der Waals surface area contributed by atoms with E-state index in [9.17, 15) is 10.1 Å². The molecule has 1 aromatic carbocycles. The van der Waals surface area contributed by atoms with Crippen LogP contribution in [0.2, 0.25) is 0 Å². The third-order valence-electron chi connectivity index (χ3n) is 3.38. The minimum atomic E-state index is -0.412. The third kappa shape index (κ3) is 2.81. The number of benzene rings is 1. The van der Waals surface area contributed by atoms with Gasteiger partial charge in [0, 0.05) is 31.1 Å². The van der Waals surface area contributed by atoms with E-state index in [1.807, 2.05) is 6.08 Å². The van der Waals surface area contributed by atoms with Crippen LogP contribution in [-0.2, 0) is 0 Å². The second-order valence-corrected chi connectivity index (χ2v) is 4.85. The summed E-state index contributed by atoms with van der Waals surface area (Å²) in [5, 5.41) is 10.6. The number of non-ortho nitro benzene ring substituents is 1. The Morgan fingerprint density at radius 2 is 2.00 bits per heavy atom. The van der Waals surface area contributed by atoms with Gasteiger partial charge in [-0.05, 0) is 12.1 Å². The van der Waals surface area contributed by atoms with Gasteiger partial charge < -0.3 is 4.74 Å². The third-order valence-corrected chi connectivity index (χ3v) is 3.38. The van der Waals surface area contributed by atoms with Crippen molar-refractivity contribution in [3.05, 3.63) is 46.2 Å². The minimum absolute atomic E-state index is 0.0800. The maximum Gasteiger partial charge on any atom is 0.269 e. The number of ether oxygens (including phenoxy) is 1. The van der Waals surface area contributed by atoms with Gasteiger partial charge in [-0.2, -0.15) is 0 Å². The molecule has 1 fully saturated rings. The first kappa shape index (κ1) is 11.9. The monoisotopic (exact) mass is 259 g/mol. The molecular formula is C14H15N2O3+. The SMILES string of the molecule is O=[N+]([O-])c1ccc(OC2=CC=[N+](C3CC3)CC2)cc1. The normalized spacial score (nSPS) is 18.5. The summed E-state index contributed by atoms with van der Waals surface area (Å²) < 4.78 is 8.07. The summed E-state index contributed by atoms with van der Waals surface area (Å²) in [6.07, 6.45) is 7.54. The Balaban J connectivity index is 1.66. The Morgan fingerprint density at radius 1 is 1.26 bits per heavy atom. The first-order valence-corrected chi connectivity index (χ1v) is 6.44.